The zero-order valence-corrected chi connectivity index (χ0v) is 53.7. The van der Waals surface area contributed by atoms with E-state index in [9.17, 15) is 39.5 Å². The van der Waals surface area contributed by atoms with Gasteiger partial charge in [-0.2, -0.15) is 39.5 Å². The first-order valence-corrected chi connectivity index (χ1v) is 24.8. The predicted octanol–water partition coefficient (Wildman–Crippen LogP) is 5.65. The van der Waals surface area contributed by atoms with E-state index in [4.69, 9.17) is 0 Å². The minimum atomic E-state index is -4.59. The number of imidazole rings is 3. The summed E-state index contributed by atoms with van der Waals surface area (Å²) in [5.41, 5.74) is 1.64. The number of hydrogen-bond donors (Lipinski definition) is 0. The molecular formula is C49H39F9N30Pt3. The van der Waals surface area contributed by atoms with Crippen LogP contribution >= 0.6 is 0 Å². The summed E-state index contributed by atoms with van der Waals surface area (Å²) in [5.74, 6) is 1.68. The van der Waals surface area contributed by atoms with E-state index >= 15 is 0 Å². The molecule has 0 saturated carbocycles. The summed E-state index contributed by atoms with van der Waals surface area (Å²) in [5, 5.41) is 42.0. The van der Waals surface area contributed by atoms with E-state index in [1.165, 1.54) is 55.8 Å². The van der Waals surface area contributed by atoms with Crippen LogP contribution in [0.1, 0.15) is 54.8 Å². The second-order valence-electron chi connectivity index (χ2n) is 17.3. The van der Waals surface area contributed by atoms with Crippen LogP contribution in [-0.4, -0.2) is 119 Å². The number of rotatable bonds is 8. The van der Waals surface area contributed by atoms with Crippen molar-refractivity contribution < 1.29 is 103 Å². The van der Waals surface area contributed by atoms with E-state index in [-0.39, 0.29) is 97.8 Å². The number of alkyl halides is 9. The molecule has 0 N–H and O–H groups in total. The van der Waals surface area contributed by atoms with Crippen molar-refractivity contribution in [2.24, 2.45) is 7.05 Å². The molecule has 0 atom stereocenters. The van der Waals surface area contributed by atoms with E-state index < -0.39 is 36.0 Å². The van der Waals surface area contributed by atoms with E-state index in [2.05, 4.69) is 150 Å². The van der Waals surface area contributed by atoms with Crippen LogP contribution in [0.25, 0.3) is 75.2 Å². The van der Waals surface area contributed by atoms with Crippen molar-refractivity contribution in [3.63, 3.8) is 0 Å². The SMILES string of the molecule is Cc1n[n-]c(-c2nccn2-c2ccccc2)n1.Cc1n[n-]c(-c2nccn2C(C)C)n1.Cc1n[n-]c(-c2nccn2C)n1.FC(F)(F)c1n[n-]c(-c2ccncn2)n1.FC(F)(F)c1n[n-]c(-c2ccncn2)n1.FC(F)(F)c1n[n-]c(-c2ccncn2)n1.[Pt+2].[Pt+2].[Pt+2]. The third kappa shape index (κ3) is 20.2. The molecule has 478 valence electrons. The Hall–Kier alpha value is -9.64. The number of hydrogen-bond acceptors (Lipinski definition) is 21. The molecule has 0 fully saturated rings. The number of halogens is 9. The standard InChI is InChI=1S/C12H10N5.C9H12N5.3C7H3F3N5.C7H8N5.3Pt/c1-9-14-11(16-15-9)12-13-7-8-17(12)10-5-3-2-4-6-10;1-6(2)14-5-4-10-9(14)8-11-7(3)12-13-8;3*8-7(9,10)6-13-5(14-15-6)4-1-2-11-3-12-4;1-5-9-6(11-10-5)7-8-3-4-12(7)2;;;/h2-8H,1H3;4-6H,1-3H3;3*1-3H;3-4H,1-2H3;;;/q6*-1;3*+2. The van der Waals surface area contributed by atoms with E-state index in [0.29, 0.717) is 46.8 Å². The second kappa shape index (κ2) is 32.7. The second-order valence-corrected chi connectivity index (χ2v) is 17.3. The number of aryl methyl sites for hydroxylation is 4. The van der Waals surface area contributed by atoms with Gasteiger partial charge in [-0.1, -0.05) is 18.2 Å². The summed E-state index contributed by atoms with van der Waals surface area (Å²) in [6, 6.07) is 14.5. The molecule has 30 nitrogen and oxygen atoms in total. The van der Waals surface area contributed by atoms with Crippen LogP contribution in [0, 0.1) is 20.8 Å². The maximum atomic E-state index is 12.1. The average molecular weight is 1800 g/mol. The summed E-state index contributed by atoms with van der Waals surface area (Å²) in [7, 11) is 1.90. The molecule has 0 saturated heterocycles. The van der Waals surface area contributed by atoms with Gasteiger partial charge in [0.05, 0.1) is 17.1 Å². The first-order chi connectivity index (χ1) is 42.0. The fraction of sp³-hybridized carbons (Fsp3) is 0.204. The maximum Gasteiger partial charge on any atom is 2.00 e. The Labute approximate surface area is 548 Å². The number of nitrogens with zero attached hydrogens (tertiary/aromatic N) is 30. The fourth-order valence-corrected chi connectivity index (χ4v) is 6.66. The molecule has 1 aromatic carbocycles. The summed E-state index contributed by atoms with van der Waals surface area (Å²) in [6.45, 7) is 9.62. The van der Waals surface area contributed by atoms with E-state index in [1.807, 2.05) is 83.5 Å². The summed E-state index contributed by atoms with van der Waals surface area (Å²) in [4.78, 5) is 56.7. The van der Waals surface area contributed by atoms with Gasteiger partial charge in [0.25, 0.3) is 0 Å². The van der Waals surface area contributed by atoms with Crippen LogP contribution in [0.4, 0.5) is 39.5 Å². The van der Waals surface area contributed by atoms with Crippen molar-refractivity contribution >= 4 is 0 Å². The van der Waals surface area contributed by atoms with Gasteiger partial charge >= 0.3 is 81.7 Å². The summed E-state index contributed by atoms with van der Waals surface area (Å²) < 4.78 is 115. The number of aromatic nitrogens is 30. The zero-order chi connectivity index (χ0) is 63.0. The number of para-hydroxylation sites is 1. The molecule has 91 heavy (non-hydrogen) atoms. The molecule has 0 aliphatic carbocycles. The van der Waals surface area contributed by atoms with Crippen molar-refractivity contribution in [3.8, 4) is 75.2 Å². The van der Waals surface area contributed by atoms with Gasteiger partial charge in [-0.05, 0) is 82.4 Å². The predicted molar refractivity (Wildman–Crippen MR) is 281 cm³/mol. The van der Waals surface area contributed by atoms with Crippen LogP contribution in [0.5, 0.6) is 0 Å². The fourth-order valence-electron chi connectivity index (χ4n) is 6.66. The molecule has 12 aromatic heterocycles. The topological polar surface area (TPSA) is 370 Å². The maximum absolute atomic E-state index is 12.1. The van der Waals surface area contributed by atoms with Crippen LogP contribution < -0.4 is 30.6 Å². The first kappa shape index (κ1) is 72.1. The summed E-state index contributed by atoms with van der Waals surface area (Å²) >= 11 is 0. The van der Waals surface area contributed by atoms with Crippen LogP contribution in [-0.2, 0) is 88.8 Å². The molecule has 13 rings (SSSR count). The Morgan fingerprint density at radius 3 is 1.07 bits per heavy atom. The molecule has 0 aliphatic heterocycles. The van der Waals surface area contributed by atoms with E-state index in [1.54, 1.807) is 25.5 Å². The average Bonchev–Trinajstić information content (AvgIpc) is 1.94. The number of benzene rings is 1. The Morgan fingerprint density at radius 2 is 0.736 bits per heavy atom. The molecule has 0 unspecified atom stereocenters. The third-order valence-electron chi connectivity index (χ3n) is 10.5. The van der Waals surface area contributed by atoms with Crippen molar-refractivity contribution in [2.45, 2.75) is 59.2 Å². The normalized spacial score (nSPS) is 10.9. The molecule has 0 radical (unpaired) electrons. The van der Waals surface area contributed by atoms with E-state index in [0.717, 1.165) is 17.3 Å². The Bertz CT molecular complexity index is 3980. The van der Waals surface area contributed by atoms with Crippen LogP contribution in [0.15, 0.2) is 123 Å². The molecule has 0 bridgehead atoms. The van der Waals surface area contributed by atoms with Crippen molar-refractivity contribution in [2.75, 3.05) is 0 Å². The first-order valence-electron chi connectivity index (χ1n) is 24.8. The van der Waals surface area contributed by atoms with Gasteiger partial charge in [-0.3, -0.25) is 30.6 Å². The molecule has 42 heteroatoms. The minimum Gasteiger partial charge on any atom is -0.420 e. The van der Waals surface area contributed by atoms with Crippen LogP contribution in [0.3, 0.4) is 0 Å². The zero-order valence-electron chi connectivity index (χ0n) is 46.9. The molecule has 0 aliphatic rings. The monoisotopic (exact) mass is 1800 g/mol. The van der Waals surface area contributed by atoms with Gasteiger partial charge in [0.1, 0.15) is 53.9 Å². The van der Waals surface area contributed by atoms with Crippen molar-refractivity contribution in [3.05, 3.63) is 158 Å². The smallest absolute Gasteiger partial charge is 0.420 e. The van der Waals surface area contributed by atoms with Crippen molar-refractivity contribution in [1.29, 1.82) is 0 Å². The van der Waals surface area contributed by atoms with Crippen molar-refractivity contribution in [1.82, 2.24) is 150 Å². The van der Waals surface area contributed by atoms with Crippen LogP contribution in [0.2, 0.25) is 0 Å². The van der Waals surface area contributed by atoms with Gasteiger partial charge < -0.3 is 74.2 Å². The molecular weight excluding hydrogens is 1760 g/mol. The van der Waals surface area contributed by atoms with Gasteiger partial charge in [0.15, 0.2) is 0 Å². The van der Waals surface area contributed by atoms with Gasteiger partial charge in [-0.25, -0.2) is 44.9 Å². The Balaban J connectivity index is 0.000000198. The Morgan fingerprint density at radius 1 is 0.385 bits per heavy atom. The van der Waals surface area contributed by atoms with Gasteiger partial charge in [0.2, 0.25) is 0 Å². The third-order valence-corrected chi connectivity index (χ3v) is 10.5. The quantitative estimate of drug-likeness (QED) is 0.166. The van der Waals surface area contributed by atoms with Gasteiger partial charge in [-0.15, -0.1) is 0 Å². The molecule has 12 heterocycles. The largest absolute Gasteiger partial charge is 2.00 e. The minimum absolute atomic E-state index is 0. The Kier molecular flexibility index (Phi) is 25.9. The molecule has 13 aromatic rings. The molecule has 0 spiro atoms. The summed E-state index contributed by atoms with van der Waals surface area (Å²) in [6.07, 6.45) is 4.81. The van der Waals surface area contributed by atoms with Gasteiger partial charge in [0, 0.05) is 109 Å². The molecule has 0 amide bonds.